The number of likely N-dealkylation sites (N-methyl/N-ethyl adjacent to an activating group) is 1. The van der Waals surface area contributed by atoms with E-state index in [1.807, 2.05) is 24.3 Å². The Morgan fingerprint density at radius 3 is 2.38 bits per heavy atom. The van der Waals surface area contributed by atoms with Crippen molar-refractivity contribution in [2.75, 3.05) is 33.3 Å². The van der Waals surface area contributed by atoms with Gasteiger partial charge in [0.2, 0.25) is 5.91 Å². The number of nitrogens with zero attached hydrogens (tertiary/aromatic N) is 2. The number of carbonyl (C=O) groups is 2. The standard InChI is InChI=1S/C23H26N2O4/c1-24(13-16(26)14-25-12-6-11-22(25)27)23(28)29-15-21-19-9-4-2-7-17(19)18-8-3-5-10-20(18)21/h2-5,7-10,16,21,26H,6,11-15H2,1H3. The summed E-state index contributed by atoms with van der Waals surface area (Å²) in [4.78, 5) is 27.2. The van der Waals surface area contributed by atoms with Gasteiger partial charge in [-0.25, -0.2) is 4.79 Å². The van der Waals surface area contributed by atoms with E-state index in [0.29, 0.717) is 13.0 Å². The fourth-order valence-electron chi connectivity index (χ4n) is 4.30. The van der Waals surface area contributed by atoms with Gasteiger partial charge in [-0.05, 0) is 28.7 Å². The largest absolute Gasteiger partial charge is 0.448 e. The molecular formula is C23H26N2O4. The summed E-state index contributed by atoms with van der Waals surface area (Å²) < 4.78 is 5.59. The lowest BCUT2D eigenvalue weighted by molar-refractivity contribution is -0.129. The van der Waals surface area contributed by atoms with Crippen molar-refractivity contribution in [3.8, 4) is 11.1 Å². The number of carbonyl (C=O) groups excluding carboxylic acids is 2. The van der Waals surface area contributed by atoms with Crippen LogP contribution in [0.2, 0.25) is 0 Å². The molecule has 1 aliphatic carbocycles. The second-order valence-electron chi connectivity index (χ2n) is 7.78. The van der Waals surface area contributed by atoms with Crippen molar-refractivity contribution in [3.63, 3.8) is 0 Å². The van der Waals surface area contributed by atoms with Crippen LogP contribution in [-0.2, 0) is 9.53 Å². The Morgan fingerprint density at radius 1 is 1.17 bits per heavy atom. The van der Waals surface area contributed by atoms with Crippen LogP contribution in [-0.4, -0.2) is 66.3 Å². The molecule has 0 radical (unpaired) electrons. The molecule has 4 rings (SSSR count). The molecule has 0 saturated carbocycles. The predicted molar refractivity (Wildman–Crippen MR) is 110 cm³/mol. The Morgan fingerprint density at radius 2 is 1.79 bits per heavy atom. The normalized spacial score (nSPS) is 16.5. The molecule has 1 heterocycles. The van der Waals surface area contributed by atoms with E-state index in [2.05, 4.69) is 24.3 Å². The number of β-amino-alcohol motifs (C(OH)–C–C–N with tert-alkyl or cyclic N) is 1. The molecule has 29 heavy (non-hydrogen) atoms. The van der Waals surface area contributed by atoms with Gasteiger partial charge in [0.05, 0.1) is 12.6 Å². The highest BCUT2D eigenvalue weighted by Crippen LogP contribution is 2.44. The lowest BCUT2D eigenvalue weighted by atomic mass is 9.98. The lowest BCUT2D eigenvalue weighted by Crippen LogP contribution is -2.41. The number of aliphatic hydroxyl groups is 1. The van der Waals surface area contributed by atoms with Crippen molar-refractivity contribution >= 4 is 12.0 Å². The van der Waals surface area contributed by atoms with Crippen LogP contribution < -0.4 is 0 Å². The summed E-state index contributed by atoms with van der Waals surface area (Å²) in [6.45, 7) is 1.29. The number of benzene rings is 2. The second-order valence-corrected chi connectivity index (χ2v) is 7.78. The highest BCUT2D eigenvalue weighted by molar-refractivity contribution is 5.79. The van der Waals surface area contributed by atoms with Crippen molar-refractivity contribution in [1.82, 2.24) is 9.80 Å². The first-order valence-corrected chi connectivity index (χ1v) is 10.1. The van der Waals surface area contributed by atoms with Crippen molar-refractivity contribution in [3.05, 3.63) is 59.7 Å². The molecule has 1 atom stereocenters. The first-order valence-electron chi connectivity index (χ1n) is 10.1. The molecule has 2 aromatic carbocycles. The van der Waals surface area contributed by atoms with Gasteiger partial charge in [-0.1, -0.05) is 48.5 Å². The SMILES string of the molecule is CN(CC(O)CN1CCCC1=O)C(=O)OCC1c2ccccc2-c2ccccc21. The Kier molecular flexibility index (Phi) is 5.53. The highest BCUT2D eigenvalue weighted by Gasteiger charge is 2.30. The van der Waals surface area contributed by atoms with Crippen molar-refractivity contribution in [1.29, 1.82) is 0 Å². The van der Waals surface area contributed by atoms with Gasteiger partial charge in [-0.15, -0.1) is 0 Å². The first-order chi connectivity index (χ1) is 14.0. The zero-order valence-corrected chi connectivity index (χ0v) is 16.6. The minimum absolute atomic E-state index is 0.00638. The summed E-state index contributed by atoms with van der Waals surface area (Å²) in [6, 6.07) is 16.4. The minimum atomic E-state index is -0.789. The quantitative estimate of drug-likeness (QED) is 0.818. The highest BCUT2D eigenvalue weighted by atomic mass is 16.6. The summed E-state index contributed by atoms with van der Waals surface area (Å²) in [5.74, 6) is 0.0692. The van der Waals surface area contributed by atoms with E-state index in [4.69, 9.17) is 4.74 Å². The molecule has 1 aliphatic heterocycles. The van der Waals surface area contributed by atoms with Gasteiger partial charge in [0.1, 0.15) is 6.61 Å². The number of amides is 2. The van der Waals surface area contributed by atoms with Gasteiger partial charge >= 0.3 is 6.09 Å². The van der Waals surface area contributed by atoms with Crippen molar-refractivity contribution in [2.24, 2.45) is 0 Å². The van der Waals surface area contributed by atoms with Crippen LogP contribution in [0.1, 0.15) is 29.9 Å². The number of hydrogen-bond donors (Lipinski definition) is 1. The minimum Gasteiger partial charge on any atom is -0.448 e. The van der Waals surface area contributed by atoms with Crippen molar-refractivity contribution < 1.29 is 19.4 Å². The molecule has 6 heteroatoms. The summed E-state index contributed by atoms with van der Waals surface area (Å²) in [5.41, 5.74) is 4.69. The summed E-state index contributed by atoms with van der Waals surface area (Å²) in [5, 5.41) is 10.2. The van der Waals surface area contributed by atoms with Crippen LogP contribution in [0.3, 0.4) is 0 Å². The third kappa shape index (κ3) is 3.98. The molecule has 1 unspecified atom stereocenters. The molecule has 0 aromatic heterocycles. The summed E-state index contributed by atoms with van der Waals surface area (Å²) >= 11 is 0. The average molecular weight is 394 g/mol. The van der Waals surface area contributed by atoms with Crippen LogP contribution in [0.5, 0.6) is 0 Å². The maximum Gasteiger partial charge on any atom is 0.409 e. The molecule has 2 aromatic rings. The maximum atomic E-state index is 12.5. The molecule has 0 spiro atoms. The lowest BCUT2D eigenvalue weighted by Gasteiger charge is -2.25. The van der Waals surface area contributed by atoms with E-state index in [-0.39, 0.29) is 31.5 Å². The molecular weight excluding hydrogens is 368 g/mol. The fourth-order valence-corrected chi connectivity index (χ4v) is 4.30. The van der Waals surface area contributed by atoms with Crippen LogP contribution in [0.25, 0.3) is 11.1 Å². The van der Waals surface area contributed by atoms with E-state index in [9.17, 15) is 14.7 Å². The molecule has 0 bridgehead atoms. The van der Waals surface area contributed by atoms with Crippen LogP contribution in [0.15, 0.2) is 48.5 Å². The third-order valence-corrected chi connectivity index (χ3v) is 5.73. The number of rotatable bonds is 6. The monoisotopic (exact) mass is 394 g/mol. The zero-order valence-electron chi connectivity index (χ0n) is 16.6. The van der Waals surface area contributed by atoms with Crippen molar-refractivity contribution in [2.45, 2.75) is 24.9 Å². The molecule has 152 valence electrons. The molecule has 2 amide bonds. The van der Waals surface area contributed by atoms with E-state index < -0.39 is 12.2 Å². The predicted octanol–water partition coefficient (Wildman–Crippen LogP) is 2.85. The molecule has 1 saturated heterocycles. The van der Waals surface area contributed by atoms with Gasteiger partial charge in [0, 0.05) is 32.5 Å². The molecule has 1 fully saturated rings. The Bertz CT molecular complexity index is 868. The fraction of sp³-hybridized carbons (Fsp3) is 0.391. The van der Waals surface area contributed by atoms with E-state index >= 15 is 0 Å². The number of fused-ring (bicyclic) bond motifs is 3. The molecule has 6 nitrogen and oxygen atoms in total. The third-order valence-electron chi connectivity index (χ3n) is 5.73. The summed E-state index contributed by atoms with van der Waals surface area (Å²) in [6.07, 6.45) is 0.101. The van der Waals surface area contributed by atoms with Crippen LogP contribution >= 0.6 is 0 Å². The van der Waals surface area contributed by atoms with Gasteiger partial charge in [-0.3, -0.25) is 4.79 Å². The van der Waals surface area contributed by atoms with Gasteiger partial charge in [-0.2, -0.15) is 0 Å². The Labute approximate surface area is 170 Å². The number of likely N-dealkylation sites (tertiary alicyclic amines) is 1. The Balaban J connectivity index is 1.35. The number of hydrogen-bond acceptors (Lipinski definition) is 4. The van der Waals surface area contributed by atoms with Gasteiger partial charge in [0.25, 0.3) is 0 Å². The molecule has 2 aliphatic rings. The summed E-state index contributed by atoms with van der Waals surface area (Å²) in [7, 11) is 1.61. The molecule has 1 N–H and O–H groups in total. The van der Waals surface area contributed by atoms with E-state index in [0.717, 1.165) is 17.5 Å². The van der Waals surface area contributed by atoms with Gasteiger partial charge in [0.15, 0.2) is 0 Å². The topological polar surface area (TPSA) is 70.1 Å². The van der Waals surface area contributed by atoms with Crippen LogP contribution in [0.4, 0.5) is 4.79 Å². The maximum absolute atomic E-state index is 12.5. The van der Waals surface area contributed by atoms with Crippen LogP contribution in [0, 0.1) is 0 Å². The second kappa shape index (κ2) is 8.25. The number of aliphatic hydroxyl groups excluding tert-OH is 1. The van der Waals surface area contributed by atoms with E-state index in [1.54, 1.807) is 11.9 Å². The zero-order chi connectivity index (χ0) is 20.4. The average Bonchev–Trinajstić information content (AvgIpc) is 3.27. The van der Waals surface area contributed by atoms with Gasteiger partial charge < -0.3 is 19.6 Å². The number of ether oxygens (including phenoxy) is 1. The smallest absolute Gasteiger partial charge is 0.409 e. The first kappa shape index (κ1) is 19.5. The van der Waals surface area contributed by atoms with E-state index in [1.165, 1.54) is 16.0 Å². The Hall–Kier alpha value is -2.86.